The van der Waals surface area contributed by atoms with Gasteiger partial charge in [0.15, 0.2) is 5.82 Å². The molecule has 0 aliphatic heterocycles. The lowest BCUT2D eigenvalue weighted by Gasteiger charge is -2.23. The largest absolute Gasteiger partial charge is 0.399 e. The summed E-state index contributed by atoms with van der Waals surface area (Å²) >= 11 is 0. The van der Waals surface area contributed by atoms with Crippen LogP contribution in [0.5, 0.6) is 0 Å². The molecule has 1 saturated carbocycles. The first-order valence-electron chi connectivity index (χ1n) is 10.7. The Morgan fingerprint density at radius 1 is 1.18 bits per heavy atom. The molecule has 0 bridgehead atoms. The fraction of sp³-hybridized carbons (Fsp3) is 0.522. The van der Waals surface area contributed by atoms with Crippen molar-refractivity contribution in [1.82, 2.24) is 9.97 Å². The number of nitrogens with two attached hydrogens (primary N) is 1. The number of carbonyl (C=O) groups is 1. The van der Waals surface area contributed by atoms with Gasteiger partial charge in [0.25, 0.3) is 0 Å². The SMILES string of the molecule is CCCc1nc2c(nc1NC(=O)CC1CCCCC1)CCc1cc(N)ccc1-2. The summed E-state index contributed by atoms with van der Waals surface area (Å²) in [5, 5.41) is 3.09. The van der Waals surface area contributed by atoms with Gasteiger partial charge in [-0.25, -0.2) is 9.97 Å². The highest BCUT2D eigenvalue weighted by atomic mass is 16.1. The average molecular weight is 379 g/mol. The summed E-state index contributed by atoms with van der Waals surface area (Å²) < 4.78 is 0. The topological polar surface area (TPSA) is 80.9 Å². The molecule has 2 aliphatic carbocycles. The van der Waals surface area contributed by atoms with Crippen molar-refractivity contribution in [3.8, 4) is 11.3 Å². The van der Waals surface area contributed by atoms with Crippen LogP contribution in [0.3, 0.4) is 0 Å². The summed E-state index contributed by atoms with van der Waals surface area (Å²) in [5.74, 6) is 1.27. The van der Waals surface area contributed by atoms with E-state index in [2.05, 4.69) is 12.2 Å². The molecule has 148 valence electrons. The Balaban J connectivity index is 1.59. The molecule has 0 radical (unpaired) electrons. The number of aryl methyl sites for hydroxylation is 3. The quantitative estimate of drug-likeness (QED) is 0.740. The van der Waals surface area contributed by atoms with Crippen molar-refractivity contribution in [3.05, 3.63) is 35.2 Å². The Morgan fingerprint density at radius 3 is 2.79 bits per heavy atom. The van der Waals surface area contributed by atoms with Gasteiger partial charge in [0.1, 0.15) is 0 Å². The van der Waals surface area contributed by atoms with Gasteiger partial charge in [0, 0.05) is 17.7 Å². The van der Waals surface area contributed by atoms with Gasteiger partial charge < -0.3 is 11.1 Å². The van der Waals surface area contributed by atoms with E-state index in [0.29, 0.717) is 18.2 Å². The van der Waals surface area contributed by atoms with Crippen LogP contribution >= 0.6 is 0 Å². The van der Waals surface area contributed by atoms with Crippen LogP contribution in [-0.4, -0.2) is 15.9 Å². The van der Waals surface area contributed by atoms with Crippen LogP contribution in [0.2, 0.25) is 0 Å². The summed E-state index contributed by atoms with van der Waals surface area (Å²) in [6, 6.07) is 6.02. The number of rotatable bonds is 5. The molecule has 0 spiro atoms. The zero-order chi connectivity index (χ0) is 19.5. The van der Waals surface area contributed by atoms with Gasteiger partial charge in [-0.3, -0.25) is 4.79 Å². The van der Waals surface area contributed by atoms with E-state index in [9.17, 15) is 4.79 Å². The number of amides is 1. The molecule has 28 heavy (non-hydrogen) atoms. The van der Waals surface area contributed by atoms with Crippen LogP contribution in [0.15, 0.2) is 18.2 Å². The molecule has 0 atom stereocenters. The number of carbonyl (C=O) groups excluding carboxylic acids is 1. The number of nitrogens with zero attached hydrogens (tertiary/aromatic N) is 2. The van der Waals surface area contributed by atoms with Crippen LogP contribution < -0.4 is 11.1 Å². The minimum Gasteiger partial charge on any atom is -0.399 e. The molecule has 5 heteroatoms. The predicted octanol–water partition coefficient (Wildman–Crippen LogP) is 4.69. The molecular weight excluding hydrogens is 348 g/mol. The Bertz CT molecular complexity index is 871. The van der Waals surface area contributed by atoms with Crippen LogP contribution in [0.4, 0.5) is 11.5 Å². The molecule has 3 N–H and O–H groups in total. The predicted molar refractivity (Wildman–Crippen MR) is 113 cm³/mol. The molecule has 1 aromatic carbocycles. The zero-order valence-corrected chi connectivity index (χ0v) is 16.8. The number of nitrogens with one attached hydrogen (secondary N) is 1. The second kappa shape index (κ2) is 8.29. The summed E-state index contributed by atoms with van der Waals surface area (Å²) in [5.41, 5.74) is 11.9. The smallest absolute Gasteiger partial charge is 0.225 e. The molecular formula is C23H30N4O. The van der Waals surface area contributed by atoms with Gasteiger partial charge in [-0.15, -0.1) is 0 Å². The normalized spacial score (nSPS) is 16.3. The van der Waals surface area contributed by atoms with Crippen molar-refractivity contribution >= 4 is 17.4 Å². The van der Waals surface area contributed by atoms with Crippen LogP contribution in [0.1, 0.15) is 68.8 Å². The maximum absolute atomic E-state index is 12.6. The number of hydrogen-bond acceptors (Lipinski definition) is 4. The van der Waals surface area contributed by atoms with E-state index >= 15 is 0 Å². The van der Waals surface area contributed by atoms with Crippen molar-refractivity contribution < 1.29 is 4.79 Å². The number of benzene rings is 1. The molecule has 2 aliphatic rings. The van der Waals surface area contributed by atoms with Crippen molar-refractivity contribution in [1.29, 1.82) is 0 Å². The summed E-state index contributed by atoms with van der Waals surface area (Å²) in [6.07, 6.45) is 10.3. The lowest BCUT2D eigenvalue weighted by molar-refractivity contribution is -0.117. The third kappa shape index (κ3) is 4.03. The van der Waals surface area contributed by atoms with Gasteiger partial charge in [0.2, 0.25) is 5.91 Å². The Kier molecular flexibility index (Phi) is 5.60. The molecule has 0 saturated heterocycles. The van der Waals surface area contributed by atoms with Gasteiger partial charge in [-0.05, 0) is 55.7 Å². The molecule has 2 aromatic rings. The first kappa shape index (κ1) is 18.9. The number of nitrogen functional groups attached to an aromatic ring is 1. The Hall–Kier alpha value is -2.43. The molecule has 4 rings (SSSR count). The fourth-order valence-electron chi connectivity index (χ4n) is 4.55. The number of fused-ring (bicyclic) bond motifs is 3. The van der Waals surface area contributed by atoms with E-state index in [-0.39, 0.29) is 5.91 Å². The summed E-state index contributed by atoms with van der Waals surface area (Å²) in [6.45, 7) is 2.13. The lowest BCUT2D eigenvalue weighted by Crippen LogP contribution is -2.21. The third-order valence-corrected chi connectivity index (χ3v) is 6.00. The maximum Gasteiger partial charge on any atom is 0.225 e. The average Bonchev–Trinajstić information content (AvgIpc) is 2.69. The number of anilines is 2. The minimum absolute atomic E-state index is 0.0856. The fourth-order valence-corrected chi connectivity index (χ4v) is 4.55. The molecule has 1 fully saturated rings. The van der Waals surface area contributed by atoms with Crippen molar-refractivity contribution in [2.45, 2.75) is 71.1 Å². The van der Waals surface area contributed by atoms with E-state index in [1.165, 1.54) is 37.7 Å². The second-order valence-electron chi connectivity index (χ2n) is 8.24. The summed E-state index contributed by atoms with van der Waals surface area (Å²) in [7, 11) is 0. The highest BCUT2D eigenvalue weighted by Gasteiger charge is 2.23. The molecule has 0 unspecified atom stereocenters. The van der Waals surface area contributed by atoms with E-state index in [1.54, 1.807) is 0 Å². The first-order chi connectivity index (χ1) is 13.6. The molecule has 1 heterocycles. The van der Waals surface area contributed by atoms with Crippen molar-refractivity contribution in [2.24, 2.45) is 5.92 Å². The van der Waals surface area contributed by atoms with Crippen molar-refractivity contribution in [2.75, 3.05) is 11.1 Å². The molecule has 1 amide bonds. The highest BCUT2D eigenvalue weighted by molar-refractivity contribution is 5.90. The van der Waals surface area contributed by atoms with E-state index < -0.39 is 0 Å². The van der Waals surface area contributed by atoms with Crippen molar-refractivity contribution in [3.63, 3.8) is 0 Å². The van der Waals surface area contributed by atoms with E-state index in [4.69, 9.17) is 15.7 Å². The van der Waals surface area contributed by atoms with Gasteiger partial charge in [-0.2, -0.15) is 0 Å². The van der Waals surface area contributed by atoms with E-state index in [0.717, 1.165) is 54.0 Å². The maximum atomic E-state index is 12.6. The lowest BCUT2D eigenvalue weighted by atomic mass is 9.87. The molecule has 1 aromatic heterocycles. The van der Waals surface area contributed by atoms with Gasteiger partial charge in [-0.1, -0.05) is 38.7 Å². The number of aromatic nitrogens is 2. The standard InChI is InChI=1S/C23H30N4O/c1-2-6-20-23(27-21(28)13-15-7-4-3-5-8-15)26-19-12-9-16-14-17(24)10-11-18(16)22(19)25-20/h10-11,14-15H,2-9,12-13,24H2,1H3,(H,26,27,28). The zero-order valence-electron chi connectivity index (χ0n) is 16.8. The van der Waals surface area contributed by atoms with Crippen LogP contribution in [-0.2, 0) is 24.1 Å². The van der Waals surface area contributed by atoms with E-state index in [1.807, 2.05) is 18.2 Å². The third-order valence-electron chi connectivity index (χ3n) is 6.00. The first-order valence-corrected chi connectivity index (χ1v) is 10.7. The Labute approximate surface area is 167 Å². The second-order valence-corrected chi connectivity index (χ2v) is 8.24. The highest BCUT2D eigenvalue weighted by Crippen LogP contribution is 2.34. The monoisotopic (exact) mass is 378 g/mol. The minimum atomic E-state index is 0.0856. The van der Waals surface area contributed by atoms with Gasteiger partial charge >= 0.3 is 0 Å². The van der Waals surface area contributed by atoms with Crippen LogP contribution in [0, 0.1) is 5.92 Å². The van der Waals surface area contributed by atoms with Crippen LogP contribution in [0.25, 0.3) is 11.3 Å². The van der Waals surface area contributed by atoms with Gasteiger partial charge in [0.05, 0.1) is 17.1 Å². The summed E-state index contributed by atoms with van der Waals surface area (Å²) in [4.78, 5) is 22.5. The Morgan fingerprint density at radius 2 is 2.00 bits per heavy atom. The molecule has 5 nitrogen and oxygen atoms in total. The number of hydrogen-bond donors (Lipinski definition) is 2.